The number of carbonyl (C=O) groups excluding carboxylic acids is 2. The first kappa shape index (κ1) is 18.9. The standard InChI is InChI=1S/C23H24N4O2/c1-16-10-6-7-13-18(16)24-22(28)21-25-20(19-14-8-9-15-27(19)21)23(29)26(2)17-11-4-3-5-12-17/h3-7,10-13H,8-9,14-15H2,1-2H3,(H,24,28). The summed E-state index contributed by atoms with van der Waals surface area (Å²) in [5, 5.41) is 2.94. The van der Waals surface area contributed by atoms with Crippen LogP contribution >= 0.6 is 0 Å². The van der Waals surface area contributed by atoms with E-state index in [1.807, 2.05) is 66.1 Å². The van der Waals surface area contributed by atoms with Crippen molar-refractivity contribution in [2.75, 3.05) is 17.3 Å². The van der Waals surface area contributed by atoms with Gasteiger partial charge >= 0.3 is 0 Å². The maximum Gasteiger partial charge on any atom is 0.291 e. The van der Waals surface area contributed by atoms with Gasteiger partial charge in [-0.3, -0.25) is 9.59 Å². The van der Waals surface area contributed by atoms with E-state index in [-0.39, 0.29) is 11.8 Å². The van der Waals surface area contributed by atoms with Crippen LogP contribution in [-0.2, 0) is 13.0 Å². The molecule has 148 valence electrons. The molecule has 0 saturated carbocycles. The zero-order valence-corrected chi connectivity index (χ0v) is 16.7. The Morgan fingerprint density at radius 2 is 1.76 bits per heavy atom. The molecule has 0 saturated heterocycles. The van der Waals surface area contributed by atoms with Crippen molar-refractivity contribution in [3.05, 3.63) is 77.4 Å². The predicted molar refractivity (Wildman–Crippen MR) is 113 cm³/mol. The van der Waals surface area contributed by atoms with Gasteiger partial charge in [-0.25, -0.2) is 4.98 Å². The summed E-state index contributed by atoms with van der Waals surface area (Å²) in [4.78, 5) is 32.3. The smallest absolute Gasteiger partial charge is 0.291 e. The van der Waals surface area contributed by atoms with Crippen LogP contribution in [0.2, 0.25) is 0 Å². The maximum atomic E-state index is 13.2. The van der Waals surface area contributed by atoms with Crippen LogP contribution in [0.5, 0.6) is 0 Å². The van der Waals surface area contributed by atoms with Crippen molar-refractivity contribution in [1.29, 1.82) is 0 Å². The van der Waals surface area contributed by atoms with E-state index >= 15 is 0 Å². The molecule has 1 N–H and O–H groups in total. The van der Waals surface area contributed by atoms with Crippen molar-refractivity contribution in [3.8, 4) is 0 Å². The number of aromatic nitrogens is 2. The Bertz CT molecular complexity index is 1060. The topological polar surface area (TPSA) is 67.2 Å². The number of rotatable bonds is 4. The highest BCUT2D eigenvalue weighted by molar-refractivity contribution is 6.08. The molecule has 2 heterocycles. The van der Waals surface area contributed by atoms with Crippen molar-refractivity contribution in [3.63, 3.8) is 0 Å². The van der Waals surface area contributed by atoms with Crippen molar-refractivity contribution in [2.45, 2.75) is 32.7 Å². The van der Waals surface area contributed by atoms with Crippen LogP contribution < -0.4 is 10.2 Å². The van der Waals surface area contributed by atoms with E-state index < -0.39 is 0 Å². The molecule has 0 fully saturated rings. The third-order valence-corrected chi connectivity index (χ3v) is 5.36. The minimum absolute atomic E-state index is 0.197. The highest BCUT2D eigenvalue weighted by Crippen LogP contribution is 2.25. The number of amides is 2. The van der Waals surface area contributed by atoms with Gasteiger partial charge in [-0.1, -0.05) is 36.4 Å². The largest absolute Gasteiger partial charge is 0.323 e. The summed E-state index contributed by atoms with van der Waals surface area (Å²) in [6.07, 6.45) is 2.70. The van der Waals surface area contributed by atoms with Gasteiger partial charge in [0, 0.05) is 25.0 Å². The fourth-order valence-corrected chi connectivity index (χ4v) is 3.71. The lowest BCUT2D eigenvalue weighted by atomic mass is 10.1. The molecule has 0 aliphatic carbocycles. The van der Waals surface area contributed by atoms with Gasteiger partial charge < -0.3 is 14.8 Å². The third kappa shape index (κ3) is 3.66. The molecule has 4 rings (SSSR count). The van der Waals surface area contributed by atoms with E-state index in [0.29, 0.717) is 18.1 Å². The fraction of sp³-hybridized carbons (Fsp3) is 0.261. The maximum absolute atomic E-state index is 13.2. The van der Waals surface area contributed by atoms with Crippen LogP contribution in [0.3, 0.4) is 0 Å². The Morgan fingerprint density at radius 1 is 1.03 bits per heavy atom. The first-order valence-corrected chi connectivity index (χ1v) is 9.85. The van der Waals surface area contributed by atoms with Gasteiger partial charge in [-0.05, 0) is 49.9 Å². The van der Waals surface area contributed by atoms with Crippen LogP contribution in [-0.4, -0.2) is 28.4 Å². The van der Waals surface area contributed by atoms with Gasteiger partial charge in [-0.2, -0.15) is 0 Å². The Hall–Kier alpha value is -3.41. The average Bonchev–Trinajstić information content (AvgIpc) is 3.15. The van der Waals surface area contributed by atoms with E-state index in [0.717, 1.165) is 41.9 Å². The number of carbonyl (C=O) groups is 2. The van der Waals surface area contributed by atoms with E-state index in [1.54, 1.807) is 11.9 Å². The summed E-state index contributed by atoms with van der Waals surface area (Å²) in [7, 11) is 1.74. The molecule has 3 aromatic rings. The van der Waals surface area contributed by atoms with Crippen molar-refractivity contribution in [2.24, 2.45) is 0 Å². The molecular weight excluding hydrogens is 364 g/mol. The summed E-state index contributed by atoms with van der Waals surface area (Å²) in [5.74, 6) is -0.187. The number of hydrogen-bond acceptors (Lipinski definition) is 3. The van der Waals surface area contributed by atoms with Crippen molar-refractivity contribution < 1.29 is 9.59 Å². The van der Waals surface area contributed by atoms with Gasteiger partial charge in [-0.15, -0.1) is 0 Å². The Labute approximate surface area is 170 Å². The molecular formula is C23H24N4O2. The van der Waals surface area contributed by atoms with E-state index in [1.165, 1.54) is 0 Å². The highest BCUT2D eigenvalue weighted by atomic mass is 16.2. The van der Waals surface area contributed by atoms with Gasteiger partial charge in [0.25, 0.3) is 11.8 Å². The molecule has 1 aliphatic rings. The van der Waals surface area contributed by atoms with Gasteiger partial charge in [0.05, 0.1) is 5.69 Å². The lowest BCUT2D eigenvalue weighted by molar-refractivity contribution is 0.0987. The summed E-state index contributed by atoms with van der Waals surface area (Å²) in [6, 6.07) is 17.1. The lowest BCUT2D eigenvalue weighted by Gasteiger charge is -2.19. The summed E-state index contributed by atoms with van der Waals surface area (Å²) in [6.45, 7) is 2.64. The van der Waals surface area contributed by atoms with E-state index in [4.69, 9.17) is 0 Å². The lowest BCUT2D eigenvalue weighted by Crippen LogP contribution is -2.28. The molecule has 0 atom stereocenters. The zero-order valence-electron chi connectivity index (χ0n) is 16.7. The number of anilines is 2. The first-order chi connectivity index (χ1) is 14.1. The minimum atomic E-state index is -0.288. The molecule has 2 amide bonds. The molecule has 1 aromatic heterocycles. The number of hydrogen-bond donors (Lipinski definition) is 1. The Balaban J connectivity index is 1.68. The fourth-order valence-electron chi connectivity index (χ4n) is 3.71. The molecule has 6 nitrogen and oxygen atoms in total. The van der Waals surface area contributed by atoms with E-state index in [9.17, 15) is 9.59 Å². The van der Waals surface area contributed by atoms with Gasteiger partial charge in [0.2, 0.25) is 0 Å². The Morgan fingerprint density at radius 3 is 2.52 bits per heavy atom. The normalized spacial score (nSPS) is 12.9. The molecule has 0 spiro atoms. The van der Waals surface area contributed by atoms with Crippen LogP contribution in [0.1, 0.15) is 45.2 Å². The SMILES string of the molecule is Cc1ccccc1NC(=O)c1nc(C(=O)N(C)c2ccccc2)c2n1CCCC2. The molecule has 0 radical (unpaired) electrons. The number of aryl methyl sites for hydroxylation is 1. The third-order valence-electron chi connectivity index (χ3n) is 5.36. The van der Waals surface area contributed by atoms with Crippen LogP contribution in [0.4, 0.5) is 11.4 Å². The summed E-state index contributed by atoms with van der Waals surface area (Å²) < 4.78 is 1.91. The molecule has 29 heavy (non-hydrogen) atoms. The summed E-state index contributed by atoms with van der Waals surface area (Å²) in [5.41, 5.74) is 3.73. The Kier molecular flexibility index (Phi) is 5.16. The minimum Gasteiger partial charge on any atom is -0.323 e. The number of fused-ring (bicyclic) bond motifs is 1. The predicted octanol–water partition coefficient (Wildman–Crippen LogP) is 4.06. The molecule has 1 aliphatic heterocycles. The van der Waals surface area contributed by atoms with E-state index in [2.05, 4.69) is 10.3 Å². The second kappa shape index (κ2) is 7.91. The van der Waals surface area contributed by atoms with Crippen LogP contribution in [0.25, 0.3) is 0 Å². The number of nitrogens with zero attached hydrogens (tertiary/aromatic N) is 3. The second-order valence-electron chi connectivity index (χ2n) is 7.31. The quantitative estimate of drug-likeness (QED) is 0.733. The number of imidazole rings is 1. The second-order valence-corrected chi connectivity index (χ2v) is 7.31. The van der Waals surface area contributed by atoms with Crippen LogP contribution in [0, 0.1) is 6.92 Å². The monoisotopic (exact) mass is 388 g/mol. The molecule has 2 aromatic carbocycles. The first-order valence-electron chi connectivity index (χ1n) is 9.85. The average molecular weight is 388 g/mol. The van der Waals surface area contributed by atoms with Gasteiger partial charge in [0.1, 0.15) is 0 Å². The summed E-state index contributed by atoms with van der Waals surface area (Å²) >= 11 is 0. The van der Waals surface area contributed by atoms with Crippen molar-refractivity contribution >= 4 is 23.2 Å². The van der Waals surface area contributed by atoms with Crippen molar-refractivity contribution in [1.82, 2.24) is 9.55 Å². The zero-order chi connectivity index (χ0) is 20.4. The number of benzene rings is 2. The number of para-hydroxylation sites is 2. The molecule has 0 unspecified atom stereocenters. The molecule has 6 heteroatoms. The number of nitrogens with one attached hydrogen (secondary N) is 1. The molecule has 0 bridgehead atoms. The van der Waals surface area contributed by atoms with Gasteiger partial charge in [0.15, 0.2) is 11.5 Å². The van der Waals surface area contributed by atoms with Crippen LogP contribution in [0.15, 0.2) is 54.6 Å². The highest BCUT2D eigenvalue weighted by Gasteiger charge is 2.29.